The molecule has 106 valence electrons. The Morgan fingerprint density at radius 1 is 1.40 bits per heavy atom. The van der Waals surface area contributed by atoms with Crippen molar-refractivity contribution < 1.29 is 9.90 Å². The van der Waals surface area contributed by atoms with Crippen LogP contribution in [0.1, 0.15) is 5.56 Å². The van der Waals surface area contributed by atoms with E-state index < -0.39 is 0 Å². The molecule has 6 nitrogen and oxygen atoms in total. The molecule has 1 aromatic carbocycles. The van der Waals surface area contributed by atoms with E-state index >= 15 is 0 Å². The molecule has 1 amide bonds. The van der Waals surface area contributed by atoms with E-state index in [0.717, 1.165) is 5.56 Å². The van der Waals surface area contributed by atoms with Crippen molar-refractivity contribution >= 4 is 11.6 Å². The topological polar surface area (TPSA) is 93.2 Å². The first-order valence-corrected chi connectivity index (χ1v) is 6.39. The number of rotatable bonds is 6. The van der Waals surface area contributed by atoms with Gasteiger partial charge in [0.2, 0.25) is 5.91 Å². The lowest BCUT2D eigenvalue weighted by Gasteiger charge is -2.16. The summed E-state index contributed by atoms with van der Waals surface area (Å²) in [4.78, 5) is 11.9. The van der Waals surface area contributed by atoms with Crippen LogP contribution in [0, 0.1) is 0 Å². The van der Waals surface area contributed by atoms with Gasteiger partial charge in [-0.15, -0.1) is 0 Å². The van der Waals surface area contributed by atoms with E-state index in [-0.39, 0.29) is 25.1 Å². The number of hydrogen-bond acceptors (Lipinski definition) is 4. The van der Waals surface area contributed by atoms with E-state index in [1.54, 1.807) is 6.20 Å². The second kappa shape index (κ2) is 6.72. The third-order valence-corrected chi connectivity index (χ3v) is 2.87. The minimum atomic E-state index is -0.308. The van der Waals surface area contributed by atoms with E-state index in [0.29, 0.717) is 12.1 Å². The van der Waals surface area contributed by atoms with Crippen LogP contribution in [0.4, 0.5) is 5.69 Å². The first-order chi connectivity index (χ1) is 9.67. The fourth-order valence-electron chi connectivity index (χ4n) is 1.95. The van der Waals surface area contributed by atoms with Crippen LogP contribution in [-0.2, 0) is 17.8 Å². The van der Waals surface area contributed by atoms with Crippen LogP contribution < -0.4 is 11.1 Å². The van der Waals surface area contributed by atoms with Crippen LogP contribution in [0.5, 0.6) is 0 Å². The molecule has 0 aliphatic heterocycles. The van der Waals surface area contributed by atoms with Crippen molar-refractivity contribution in [3.8, 4) is 0 Å². The maximum atomic E-state index is 11.9. The van der Waals surface area contributed by atoms with Crippen molar-refractivity contribution in [1.29, 1.82) is 0 Å². The average Bonchev–Trinajstić information content (AvgIpc) is 2.84. The highest BCUT2D eigenvalue weighted by molar-refractivity contribution is 5.76. The Morgan fingerprint density at radius 2 is 2.15 bits per heavy atom. The molecule has 20 heavy (non-hydrogen) atoms. The number of anilines is 1. The van der Waals surface area contributed by atoms with Gasteiger partial charge in [-0.25, -0.2) is 0 Å². The summed E-state index contributed by atoms with van der Waals surface area (Å²) >= 11 is 0. The third kappa shape index (κ3) is 4.10. The number of amides is 1. The number of nitrogens with one attached hydrogen (secondary N) is 1. The minimum absolute atomic E-state index is 0.0858. The standard InChI is InChI=1S/C14H18N4O2/c15-12-7-16-18(8-12)9-14(20)17-13(10-19)6-11-4-2-1-3-5-11/h1-5,7-8,13,19H,6,9-10,15H2,(H,17,20)/t13-/m0/s1. The molecule has 1 heterocycles. The Kier molecular flexibility index (Phi) is 4.73. The summed E-state index contributed by atoms with van der Waals surface area (Å²) < 4.78 is 1.46. The summed E-state index contributed by atoms with van der Waals surface area (Å²) in [7, 11) is 0. The zero-order valence-corrected chi connectivity index (χ0v) is 11.1. The number of aliphatic hydroxyl groups excluding tert-OH is 1. The van der Waals surface area contributed by atoms with E-state index in [2.05, 4.69) is 10.4 Å². The summed E-state index contributed by atoms with van der Waals surface area (Å²) in [6.07, 6.45) is 3.66. The molecule has 0 spiro atoms. The molecule has 0 fully saturated rings. The Morgan fingerprint density at radius 3 is 2.75 bits per heavy atom. The van der Waals surface area contributed by atoms with Gasteiger partial charge in [-0.1, -0.05) is 30.3 Å². The molecule has 1 aromatic heterocycles. The molecular weight excluding hydrogens is 256 g/mol. The number of carbonyl (C=O) groups is 1. The molecule has 0 aliphatic rings. The van der Waals surface area contributed by atoms with Crippen LogP contribution in [0.3, 0.4) is 0 Å². The summed E-state index contributed by atoms with van der Waals surface area (Å²) in [6.45, 7) is -0.0234. The predicted octanol–water partition coefficient (Wildman–Crippen LogP) is 0.185. The van der Waals surface area contributed by atoms with Gasteiger partial charge in [0.15, 0.2) is 0 Å². The van der Waals surface area contributed by atoms with Crippen molar-refractivity contribution in [3.63, 3.8) is 0 Å². The number of hydrogen-bond donors (Lipinski definition) is 3. The maximum Gasteiger partial charge on any atom is 0.242 e. The Hall–Kier alpha value is -2.34. The van der Waals surface area contributed by atoms with Crippen molar-refractivity contribution in [1.82, 2.24) is 15.1 Å². The second-order valence-corrected chi connectivity index (χ2v) is 4.61. The molecule has 0 bridgehead atoms. The summed E-state index contributed by atoms with van der Waals surface area (Å²) in [5.74, 6) is -0.205. The van der Waals surface area contributed by atoms with E-state index in [9.17, 15) is 9.90 Å². The molecule has 2 aromatic rings. The van der Waals surface area contributed by atoms with Crippen LogP contribution in [-0.4, -0.2) is 33.4 Å². The Labute approximate surface area is 117 Å². The molecule has 0 saturated heterocycles. The second-order valence-electron chi connectivity index (χ2n) is 4.61. The smallest absolute Gasteiger partial charge is 0.242 e. The molecule has 0 saturated carbocycles. The monoisotopic (exact) mass is 274 g/mol. The number of nitrogens with zero attached hydrogens (tertiary/aromatic N) is 2. The zero-order valence-electron chi connectivity index (χ0n) is 11.1. The largest absolute Gasteiger partial charge is 0.396 e. The van der Waals surface area contributed by atoms with Gasteiger partial charge in [0.25, 0.3) is 0 Å². The maximum absolute atomic E-state index is 11.9. The Balaban J connectivity index is 1.88. The molecular formula is C14H18N4O2. The predicted molar refractivity (Wildman–Crippen MR) is 75.8 cm³/mol. The van der Waals surface area contributed by atoms with Crippen molar-refractivity contribution in [2.75, 3.05) is 12.3 Å². The number of nitrogen functional groups attached to an aromatic ring is 1. The van der Waals surface area contributed by atoms with E-state index in [1.165, 1.54) is 10.9 Å². The summed E-state index contributed by atoms with van der Waals surface area (Å²) in [5.41, 5.74) is 7.11. The van der Waals surface area contributed by atoms with Crippen LogP contribution >= 0.6 is 0 Å². The lowest BCUT2D eigenvalue weighted by atomic mass is 10.1. The van der Waals surface area contributed by atoms with E-state index in [4.69, 9.17) is 5.73 Å². The number of benzene rings is 1. The lowest BCUT2D eigenvalue weighted by Crippen LogP contribution is -2.40. The van der Waals surface area contributed by atoms with Gasteiger partial charge < -0.3 is 16.2 Å². The van der Waals surface area contributed by atoms with Gasteiger partial charge in [-0.3, -0.25) is 9.48 Å². The highest BCUT2D eigenvalue weighted by Gasteiger charge is 2.12. The van der Waals surface area contributed by atoms with Crippen LogP contribution in [0.15, 0.2) is 42.7 Å². The van der Waals surface area contributed by atoms with E-state index in [1.807, 2.05) is 30.3 Å². The highest BCUT2D eigenvalue weighted by Crippen LogP contribution is 2.03. The number of aromatic nitrogens is 2. The van der Waals surface area contributed by atoms with Gasteiger partial charge in [0.1, 0.15) is 6.54 Å². The third-order valence-electron chi connectivity index (χ3n) is 2.87. The summed E-state index contributed by atoms with van der Waals surface area (Å²) in [6, 6.07) is 9.40. The first-order valence-electron chi connectivity index (χ1n) is 6.39. The highest BCUT2D eigenvalue weighted by atomic mass is 16.3. The molecule has 6 heteroatoms. The molecule has 4 N–H and O–H groups in total. The summed E-state index contributed by atoms with van der Waals surface area (Å²) in [5, 5.41) is 16.1. The van der Waals surface area contributed by atoms with Gasteiger partial charge >= 0.3 is 0 Å². The van der Waals surface area contributed by atoms with Crippen molar-refractivity contribution in [3.05, 3.63) is 48.3 Å². The minimum Gasteiger partial charge on any atom is -0.396 e. The van der Waals surface area contributed by atoms with Gasteiger partial charge in [0.05, 0.1) is 24.5 Å². The quantitative estimate of drug-likeness (QED) is 0.701. The van der Waals surface area contributed by atoms with Gasteiger partial charge in [-0.05, 0) is 12.0 Å². The molecule has 0 radical (unpaired) electrons. The number of aliphatic hydroxyl groups is 1. The lowest BCUT2D eigenvalue weighted by molar-refractivity contribution is -0.122. The number of carbonyl (C=O) groups excluding carboxylic acids is 1. The van der Waals surface area contributed by atoms with Crippen molar-refractivity contribution in [2.24, 2.45) is 0 Å². The molecule has 2 rings (SSSR count). The first kappa shape index (κ1) is 14.1. The number of nitrogens with two attached hydrogens (primary N) is 1. The zero-order chi connectivity index (χ0) is 14.4. The molecule has 0 unspecified atom stereocenters. The SMILES string of the molecule is Nc1cnn(CC(=O)N[C@H](CO)Cc2ccccc2)c1. The fourth-order valence-corrected chi connectivity index (χ4v) is 1.95. The van der Waals surface area contributed by atoms with Crippen LogP contribution in [0.2, 0.25) is 0 Å². The molecule has 1 atom stereocenters. The fraction of sp³-hybridized carbons (Fsp3) is 0.286. The normalized spacial score (nSPS) is 12.1. The van der Waals surface area contributed by atoms with Gasteiger partial charge in [-0.2, -0.15) is 5.10 Å². The Bertz CT molecular complexity index is 553. The van der Waals surface area contributed by atoms with Crippen LogP contribution in [0.25, 0.3) is 0 Å². The van der Waals surface area contributed by atoms with Crippen molar-refractivity contribution in [2.45, 2.75) is 19.0 Å². The average molecular weight is 274 g/mol. The van der Waals surface area contributed by atoms with Gasteiger partial charge in [0, 0.05) is 6.20 Å². The molecule has 0 aliphatic carbocycles.